The number of aryl methyl sites for hydroxylation is 1. The van der Waals surface area contributed by atoms with E-state index in [2.05, 4.69) is 4.90 Å². The van der Waals surface area contributed by atoms with Gasteiger partial charge in [0, 0.05) is 41.8 Å². The van der Waals surface area contributed by atoms with Gasteiger partial charge >= 0.3 is 5.97 Å². The van der Waals surface area contributed by atoms with E-state index >= 15 is 4.39 Å². The Morgan fingerprint density at radius 1 is 1.26 bits per heavy atom. The van der Waals surface area contributed by atoms with E-state index in [0.29, 0.717) is 24.2 Å². The third-order valence-corrected chi connectivity index (χ3v) is 6.21. The fourth-order valence-corrected chi connectivity index (χ4v) is 4.91. The van der Waals surface area contributed by atoms with Crippen LogP contribution >= 0.6 is 0 Å². The molecule has 1 aromatic carbocycles. The van der Waals surface area contributed by atoms with Crippen molar-refractivity contribution in [1.82, 2.24) is 4.57 Å². The van der Waals surface area contributed by atoms with Gasteiger partial charge in [-0.3, -0.25) is 4.79 Å². The molecule has 2 fully saturated rings. The monoisotopic (exact) mass is 371 g/mol. The van der Waals surface area contributed by atoms with Crippen molar-refractivity contribution in [2.24, 2.45) is 5.73 Å². The molecule has 2 aliphatic heterocycles. The number of hydrogen-bond donors (Lipinski definition) is 2. The van der Waals surface area contributed by atoms with Gasteiger partial charge in [0.15, 0.2) is 0 Å². The third kappa shape index (κ3) is 2.48. The number of carboxylic acids is 1. The lowest BCUT2D eigenvalue weighted by molar-refractivity contribution is 0.0695. The van der Waals surface area contributed by atoms with Gasteiger partial charge in [-0.05, 0) is 44.6 Å². The Balaban J connectivity index is 1.85. The number of halogens is 1. The largest absolute Gasteiger partial charge is 0.477 e. The van der Waals surface area contributed by atoms with Gasteiger partial charge in [-0.25, -0.2) is 9.18 Å². The number of fused-ring (bicyclic) bond motifs is 5. The molecule has 3 heterocycles. The molecule has 0 spiro atoms. The number of hydrogen-bond acceptors (Lipinski definition) is 4. The highest BCUT2D eigenvalue weighted by Gasteiger charge is 2.37. The molecule has 2 atom stereocenters. The number of nitrogens with zero attached hydrogens (tertiary/aromatic N) is 2. The number of carbonyl (C=O) groups is 1. The zero-order valence-electron chi connectivity index (χ0n) is 14.9. The summed E-state index contributed by atoms with van der Waals surface area (Å²) >= 11 is 0. The Bertz CT molecular complexity index is 1030. The Morgan fingerprint density at radius 2 is 2.04 bits per heavy atom. The zero-order chi connectivity index (χ0) is 18.9. The van der Waals surface area contributed by atoms with Gasteiger partial charge in [0.2, 0.25) is 5.43 Å². The number of pyridine rings is 1. The summed E-state index contributed by atoms with van der Waals surface area (Å²) in [5, 5.41) is 9.61. The van der Waals surface area contributed by atoms with E-state index in [9.17, 15) is 14.7 Å². The van der Waals surface area contributed by atoms with Crippen molar-refractivity contribution in [3.05, 3.63) is 39.4 Å². The second-order valence-corrected chi connectivity index (χ2v) is 8.09. The molecule has 5 rings (SSSR count). The molecule has 3 aliphatic rings. The summed E-state index contributed by atoms with van der Waals surface area (Å²) in [5.74, 6) is -1.71. The van der Waals surface area contributed by atoms with Crippen LogP contribution in [0.25, 0.3) is 10.9 Å². The Morgan fingerprint density at radius 3 is 2.74 bits per heavy atom. The standard InChI is InChI=1S/C20H22FN3O3/c21-16-7-14-17(24(11-4-5-11)9-15(19(14)25)20(26)27)13-3-1-2-12-6-10(22)8-23(12)18(13)16/h7,9-12H,1-6,8,22H2,(H,26,27)/t10-,12+/m1/s1. The van der Waals surface area contributed by atoms with E-state index in [1.807, 2.05) is 4.57 Å². The second-order valence-electron chi connectivity index (χ2n) is 8.09. The lowest BCUT2D eigenvalue weighted by Gasteiger charge is -2.27. The average Bonchev–Trinajstić information content (AvgIpc) is 3.40. The van der Waals surface area contributed by atoms with Crippen LogP contribution in [0, 0.1) is 5.82 Å². The molecule has 1 saturated heterocycles. The van der Waals surface area contributed by atoms with Gasteiger partial charge in [0.1, 0.15) is 11.4 Å². The highest BCUT2D eigenvalue weighted by Crippen LogP contribution is 2.43. The number of rotatable bonds is 2. The van der Waals surface area contributed by atoms with Gasteiger partial charge in [0.05, 0.1) is 11.2 Å². The summed E-state index contributed by atoms with van der Waals surface area (Å²) in [5.41, 5.74) is 7.37. The van der Waals surface area contributed by atoms with Crippen LogP contribution in [-0.2, 0) is 6.42 Å². The molecule has 142 valence electrons. The van der Waals surface area contributed by atoms with Crippen LogP contribution in [0.15, 0.2) is 17.1 Å². The summed E-state index contributed by atoms with van der Waals surface area (Å²) in [7, 11) is 0. The van der Waals surface area contributed by atoms with E-state index in [-0.39, 0.29) is 29.1 Å². The number of nitrogens with two attached hydrogens (primary N) is 1. The quantitative estimate of drug-likeness (QED) is 0.846. The molecule has 2 aromatic rings. The van der Waals surface area contributed by atoms with Gasteiger partial charge < -0.3 is 20.3 Å². The Kier molecular flexibility index (Phi) is 3.59. The van der Waals surface area contributed by atoms with Crippen molar-refractivity contribution in [3.8, 4) is 0 Å². The fraction of sp³-hybridized carbons (Fsp3) is 0.500. The van der Waals surface area contributed by atoms with Crippen LogP contribution in [0.3, 0.4) is 0 Å². The number of benzene rings is 1. The van der Waals surface area contributed by atoms with Gasteiger partial charge in [0.25, 0.3) is 0 Å². The molecule has 0 bridgehead atoms. The molecular formula is C20H22FN3O3. The zero-order valence-corrected chi connectivity index (χ0v) is 14.9. The summed E-state index contributed by atoms with van der Waals surface area (Å²) in [6.45, 7) is 0.612. The van der Waals surface area contributed by atoms with Gasteiger partial charge in [-0.15, -0.1) is 0 Å². The fourth-order valence-electron chi connectivity index (χ4n) is 4.91. The summed E-state index contributed by atoms with van der Waals surface area (Å²) in [6, 6.07) is 1.68. The van der Waals surface area contributed by atoms with Crippen molar-refractivity contribution in [3.63, 3.8) is 0 Å². The maximum absolute atomic E-state index is 15.2. The number of carboxylic acid groups (broad SMARTS) is 1. The number of aromatic nitrogens is 1. The van der Waals surface area contributed by atoms with Crippen LogP contribution in [0.1, 0.15) is 54.1 Å². The topological polar surface area (TPSA) is 88.6 Å². The Hall–Kier alpha value is -2.41. The van der Waals surface area contributed by atoms with Crippen LogP contribution in [0.4, 0.5) is 10.1 Å². The minimum atomic E-state index is -1.27. The summed E-state index contributed by atoms with van der Waals surface area (Å²) in [4.78, 5) is 26.4. The highest BCUT2D eigenvalue weighted by molar-refractivity contribution is 5.95. The first-order valence-corrected chi connectivity index (χ1v) is 9.61. The Labute approximate surface area is 155 Å². The first-order chi connectivity index (χ1) is 13.0. The lowest BCUT2D eigenvalue weighted by atomic mass is 9.99. The molecule has 0 radical (unpaired) electrons. The predicted molar refractivity (Wildman–Crippen MR) is 100 cm³/mol. The third-order valence-electron chi connectivity index (χ3n) is 6.21. The molecule has 0 unspecified atom stereocenters. The maximum atomic E-state index is 15.2. The minimum absolute atomic E-state index is 0.0241. The highest BCUT2D eigenvalue weighted by atomic mass is 19.1. The van der Waals surface area contributed by atoms with E-state index in [0.717, 1.165) is 37.7 Å². The van der Waals surface area contributed by atoms with E-state index in [1.54, 1.807) is 0 Å². The van der Waals surface area contributed by atoms with Crippen LogP contribution in [0.2, 0.25) is 0 Å². The normalized spacial score (nSPS) is 24.6. The van der Waals surface area contributed by atoms with E-state index < -0.39 is 17.2 Å². The molecule has 1 aromatic heterocycles. The molecule has 0 amide bonds. The average molecular weight is 371 g/mol. The number of aromatic carboxylic acids is 1. The molecular weight excluding hydrogens is 349 g/mol. The van der Waals surface area contributed by atoms with E-state index in [4.69, 9.17) is 5.73 Å². The molecule has 3 N–H and O–H groups in total. The van der Waals surface area contributed by atoms with Gasteiger partial charge in [-0.2, -0.15) is 0 Å². The van der Waals surface area contributed by atoms with Crippen LogP contribution in [-0.4, -0.2) is 34.3 Å². The first-order valence-electron chi connectivity index (χ1n) is 9.61. The van der Waals surface area contributed by atoms with Crippen molar-refractivity contribution >= 4 is 22.6 Å². The molecule has 6 nitrogen and oxygen atoms in total. The second kappa shape index (κ2) is 5.79. The molecule has 1 aliphatic carbocycles. The smallest absolute Gasteiger partial charge is 0.341 e. The minimum Gasteiger partial charge on any atom is -0.477 e. The first kappa shape index (κ1) is 16.7. The summed E-state index contributed by atoms with van der Waals surface area (Å²) < 4.78 is 17.1. The lowest BCUT2D eigenvalue weighted by Crippen LogP contribution is -2.31. The summed E-state index contributed by atoms with van der Waals surface area (Å²) in [6.07, 6.45) is 6.74. The predicted octanol–water partition coefficient (Wildman–Crippen LogP) is 2.42. The molecule has 1 saturated carbocycles. The maximum Gasteiger partial charge on any atom is 0.341 e. The SMILES string of the molecule is N[C@@H]1C[C@@H]2CCCc3c(c(F)cc4c(=O)c(C(=O)O)cn(C5CC5)c34)N2C1. The molecule has 27 heavy (non-hydrogen) atoms. The van der Waals surface area contributed by atoms with Crippen molar-refractivity contribution in [2.45, 2.75) is 56.7 Å². The van der Waals surface area contributed by atoms with E-state index in [1.165, 1.54) is 12.3 Å². The van der Waals surface area contributed by atoms with Crippen molar-refractivity contribution < 1.29 is 14.3 Å². The molecule has 7 heteroatoms. The number of anilines is 1. The van der Waals surface area contributed by atoms with Crippen molar-refractivity contribution in [2.75, 3.05) is 11.4 Å². The van der Waals surface area contributed by atoms with Gasteiger partial charge in [-0.1, -0.05) is 0 Å². The van der Waals surface area contributed by atoms with Crippen LogP contribution < -0.4 is 16.1 Å². The van der Waals surface area contributed by atoms with Crippen molar-refractivity contribution in [1.29, 1.82) is 0 Å². The van der Waals surface area contributed by atoms with Crippen LogP contribution in [0.5, 0.6) is 0 Å².